The zero-order valence-electron chi connectivity index (χ0n) is 10.6. The molecule has 4 nitrogen and oxygen atoms in total. The third-order valence-electron chi connectivity index (χ3n) is 3.92. The van der Waals surface area contributed by atoms with E-state index in [2.05, 4.69) is 15.9 Å². The summed E-state index contributed by atoms with van der Waals surface area (Å²) in [4.78, 5) is 11.1. The summed E-state index contributed by atoms with van der Waals surface area (Å²) >= 11 is 3.42. The molecule has 0 radical (unpaired) electrons. The van der Waals surface area contributed by atoms with Gasteiger partial charge in [-0.3, -0.25) is 4.79 Å². The summed E-state index contributed by atoms with van der Waals surface area (Å²) in [7, 11) is 0. The Morgan fingerprint density at radius 3 is 2.42 bits per heavy atom. The Morgan fingerprint density at radius 1 is 1.32 bits per heavy atom. The fourth-order valence-electron chi connectivity index (χ4n) is 2.21. The summed E-state index contributed by atoms with van der Waals surface area (Å²) in [6.45, 7) is 3.00. The second-order valence-electron chi connectivity index (χ2n) is 5.46. The van der Waals surface area contributed by atoms with Crippen LogP contribution in [0.2, 0.25) is 0 Å². The molecule has 1 fully saturated rings. The molecule has 0 saturated heterocycles. The summed E-state index contributed by atoms with van der Waals surface area (Å²) in [5.41, 5.74) is 0.894. The fraction of sp³-hybridized carbons (Fsp3) is 0.500. The molecular weight excluding hydrogens is 312 g/mol. The number of carboxylic acid groups (broad SMARTS) is 1. The number of carboxylic acids is 1. The van der Waals surface area contributed by atoms with Gasteiger partial charge in [-0.15, -0.1) is 0 Å². The lowest BCUT2D eigenvalue weighted by Gasteiger charge is -2.14. The average molecular weight is 327 g/mol. The van der Waals surface area contributed by atoms with E-state index in [1.807, 2.05) is 6.07 Å². The number of fused-ring (bicyclic) bond motifs is 1. The number of aliphatic carboxylic acids is 1. The van der Waals surface area contributed by atoms with Gasteiger partial charge in [0.15, 0.2) is 11.5 Å². The van der Waals surface area contributed by atoms with Crippen molar-refractivity contribution in [3.63, 3.8) is 0 Å². The molecule has 1 saturated carbocycles. The molecule has 102 valence electrons. The smallest absolute Gasteiger partial charge is 0.310 e. The van der Waals surface area contributed by atoms with Crippen molar-refractivity contribution in [1.82, 2.24) is 0 Å². The Hall–Kier alpha value is -1.23. The first kappa shape index (κ1) is 12.8. The molecule has 2 aliphatic rings. The van der Waals surface area contributed by atoms with Gasteiger partial charge >= 0.3 is 5.97 Å². The van der Waals surface area contributed by atoms with E-state index in [-0.39, 0.29) is 5.41 Å². The van der Waals surface area contributed by atoms with Crippen LogP contribution in [0.4, 0.5) is 0 Å². The molecule has 1 aliphatic carbocycles. The van der Waals surface area contributed by atoms with Crippen molar-refractivity contribution in [3.8, 4) is 11.5 Å². The second-order valence-corrected chi connectivity index (χ2v) is 6.31. The summed E-state index contributed by atoms with van der Waals surface area (Å²) in [6, 6.07) is 3.59. The molecule has 0 amide bonds. The van der Waals surface area contributed by atoms with Gasteiger partial charge in [0.05, 0.1) is 19.1 Å². The predicted molar refractivity (Wildman–Crippen MR) is 72.8 cm³/mol. The zero-order valence-corrected chi connectivity index (χ0v) is 12.2. The minimum atomic E-state index is -0.853. The highest BCUT2D eigenvalue weighted by Crippen LogP contribution is 2.49. The van der Waals surface area contributed by atoms with Gasteiger partial charge in [-0.25, -0.2) is 0 Å². The van der Waals surface area contributed by atoms with Gasteiger partial charge in [0, 0.05) is 9.89 Å². The van der Waals surface area contributed by atoms with E-state index in [4.69, 9.17) is 14.6 Å². The minimum absolute atomic E-state index is 0.185. The van der Waals surface area contributed by atoms with E-state index < -0.39 is 11.9 Å². The molecule has 1 atom stereocenters. The lowest BCUT2D eigenvalue weighted by atomic mass is 10.0. The maximum Gasteiger partial charge on any atom is 0.310 e. The Balaban J connectivity index is 1.94. The van der Waals surface area contributed by atoms with Crippen molar-refractivity contribution in [1.29, 1.82) is 0 Å². The first-order valence-corrected chi connectivity index (χ1v) is 7.12. The predicted octanol–water partition coefficient (Wildman–Crippen LogP) is 3.19. The van der Waals surface area contributed by atoms with Crippen LogP contribution in [0.25, 0.3) is 0 Å². The van der Waals surface area contributed by atoms with Crippen molar-refractivity contribution in [2.45, 2.75) is 25.7 Å². The van der Waals surface area contributed by atoms with Crippen LogP contribution in [-0.2, 0) is 4.79 Å². The van der Waals surface area contributed by atoms with Crippen molar-refractivity contribution in [2.75, 3.05) is 13.2 Å². The first-order chi connectivity index (χ1) is 9.01. The van der Waals surface area contributed by atoms with Gasteiger partial charge in [0.25, 0.3) is 0 Å². The SMILES string of the molecule is CC(C(=O)O)c1cc2c(cc1Br)OCC1(CC1)CO2. The van der Waals surface area contributed by atoms with E-state index in [9.17, 15) is 4.79 Å². The van der Waals surface area contributed by atoms with Crippen LogP contribution in [0.5, 0.6) is 11.5 Å². The maximum absolute atomic E-state index is 11.1. The van der Waals surface area contributed by atoms with Crippen LogP contribution in [0.3, 0.4) is 0 Å². The first-order valence-electron chi connectivity index (χ1n) is 6.33. The topological polar surface area (TPSA) is 55.8 Å². The third-order valence-corrected chi connectivity index (χ3v) is 4.61. The van der Waals surface area contributed by atoms with E-state index in [1.165, 1.54) is 0 Å². The molecule has 0 aromatic heterocycles. The maximum atomic E-state index is 11.1. The van der Waals surface area contributed by atoms with Crippen LogP contribution >= 0.6 is 15.9 Å². The Kier molecular flexibility index (Phi) is 2.96. The Labute approximate surface area is 119 Å². The van der Waals surface area contributed by atoms with Gasteiger partial charge in [-0.1, -0.05) is 15.9 Å². The van der Waals surface area contributed by atoms with Gasteiger partial charge in [0.1, 0.15) is 0 Å². The van der Waals surface area contributed by atoms with E-state index in [1.54, 1.807) is 13.0 Å². The van der Waals surface area contributed by atoms with Gasteiger partial charge < -0.3 is 14.6 Å². The number of hydrogen-bond acceptors (Lipinski definition) is 3. The summed E-state index contributed by atoms with van der Waals surface area (Å²) < 4.78 is 12.4. The van der Waals surface area contributed by atoms with E-state index in [0.717, 1.165) is 17.3 Å². The van der Waals surface area contributed by atoms with Crippen molar-refractivity contribution in [2.24, 2.45) is 5.41 Å². The van der Waals surface area contributed by atoms with Crippen LogP contribution < -0.4 is 9.47 Å². The number of hydrogen-bond donors (Lipinski definition) is 1. The fourth-order valence-corrected chi connectivity index (χ4v) is 2.88. The van der Waals surface area contributed by atoms with Crippen LogP contribution in [-0.4, -0.2) is 24.3 Å². The number of rotatable bonds is 2. The number of ether oxygens (including phenoxy) is 2. The number of benzene rings is 1. The molecule has 1 aromatic carbocycles. The lowest BCUT2D eigenvalue weighted by molar-refractivity contribution is -0.138. The second kappa shape index (κ2) is 4.40. The van der Waals surface area contributed by atoms with Crippen molar-refractivity contribution >= 4 is 21.9 Å². The quantitative estimate of drug-likeness (QED) is 0.906. The molecule has 1 spiro atoms. The molecule has 1 aliphatic heterocycles. The molecular formula is C14H15BrO4. The van der Waals surface area contributed by atoms with Crippen molar-refractivity contribution in [3.05, 3.63) is 22.2 Å². The highest BCUT2D eigenvalue weighted by molar-refractivity contribution is 9.10. The third kappa shape index (κ3) is 2.31. The molecule has 3 rings (SSSR count). The number of carbonyl (C=O) groups is 1. The lowest BCUT2D eigenvalue weighted by Crippen LogP contribution is -2.17. The summed E-state index contributed by atoms with van der Waals surface area (Å²) in [6.07, 6.45) is 2.28. The van der Waals surface area contributed by atoms with E-state index in [0.29, 0.717) is 30.3 Å². The molecule has 1 aromatic rings. The molecule has 5 heteroatoms. The summed E-state index contributed by atoms with van der Waals surface area (Å²) in [5.74, 6) is -0.0951. The summed E-state index contributed by atoms with van der Waals surface area (Å²) in [5, 5.41) is 9.12. The van der Waals surface area contributed by atoms with Crippen LogP contribution in [0.15, 0.2) is 16.6 Å². The monoisotopic (exact) mass is 326 g/mol. The minimum Gasteiger partial charge on any atom is -0.489 e. The Morgan fingerprint density at radius 2 is 1.89 bits per heavy atom. The normalized spacial score (nSPS) is 20.7. The van der Waals surface area contributed by atoms with Crippen LogP contribution in [0, 0.1) is 5.41 Å². The highest BCUT2D eigenvalue weighted by atomic mass is 79.9. The molecule has 1 heterocycles. The highest BCUT2D eigenvalue weighted by Gasteiger charge is 2.46. The largest absolute Gasteiger partial charge is 0.489 e. The number of halogens is 1. The Bertz CT molecular complexity index is 536. The standard InChI is InChI=1S/C14H15BrO4/c1-8(13(16)17)9-4-11-12(5-10(9)15)19-7-14(2-3-14)6-18-11/h4-5,8H,2-3,6-7H2,1H3,(H,16,17). The van der Waals surface area contributed by atoms with Crippen molar-refractivity contribution < 1.29 is 19.4 Å². The van der Waals surface area contributed by atoms with Gasteiger partial charge in [0.2, 0.25) is 0 Å². The van der Waals surface area contributed by atoms with Gasteiger partial charge in [-0.05, 0) is 37.5 Å². The van der Waals surface area contributed by atoms with E-state index >= 15 is 0 Å². The van der Waals surface area contributed by atoms with Gasteiger partial charge in [-0.2, -0.15) is 0 Å². The molecule has 1 N–H and O–H groups in total. The average Bonchev–Trinajstić information content (AvgIpc) is 3.16. The molecule has 0 bridgehead atoms. The zero-order chi connectivity index (χ0) is 13.6. The molecule has 19 heavy (non-hydrogen) atoms. The molecule has 1 unspecified atom stereocenters. The van der Waals surface area contributed by atoms with Crippen LogP contribution in [0.1, 0.15) is 31.2 Å².